The Balaban J connectivity index is 3.26. The molecule has 0 heterocycles. The van der Waals surface area contributed by atoms with Crippen molar-refractivity contribution in [2.24, 2.45) is 0 Å². The zero-order valence-corrected chi connectivity index (χ0v) is 11.0. The fourth-order valence-corrected chi connectivity index (χ4v) is 2.25. The van der Waals surface area contributed by atoms with E-state index in [0.717, 1.165) is 4.47 Å². The van der Waals surface area contributed by atoms with Crippen molar-refractivity contribution in [3.05, 3.63) is 32.2 Å². The molecule has 0 aliphatic heterocycles. The minimum atomic E-state index is -1.01. The first-order chi connectivity index (χ1) is 6.91. The van der Waals surface area contributed by atoms with Crippen LogP contribution < -0.4 is 0 Å². The lowest BCUT2D eigenvalue weighted by Gasteiger charge is -2.03. The highest BCUT2D eigenvalue weighted by Crippen LogP contribution is 2.32. The Morgan fingerprint density at radius 2 is 2.00 bits per heavy atom. The molecule has 1 rings (SSSR count). The molecule has 0 amide bonds. The summed E-state index contributed by atoms with van der Waals surface area (Å²) in [4.78, 5) is 10.6. The van der Waals surface area contributed by atoms with E-state index in [1.54, 1.807) is 12.1 Å². The molecule has 1 aromatic carbocycles. The largest absolute Gasteiger partial charge is 0.506 e. The Labute approximate surface area is 104 Å². The highest BCUT2D eigenvalue weighted by molar-refractivity contribution is 9.11. The summed E-state index contributed by atoms with van der Waals surface area (Å²) in [5, 5.41) is 18.3. The van der Waals surface area contributed by atoms with Crippen molar-refractivity contribution in [3.8, 4) is 5.75 Å². The van der Waals surface area contributed by atoms with Gasteiger partial charge < -0.3 is 10.2 Å². The van der Waals surface area contributed by atoms with Crippen LogP contribution in [0.3, 0.4) is 0 Å². The van der Waals surface area contributed by atoms with Crippen LogP contribution in [0.5, 0.6) is 5.75 Å². The van der Waals surface area contributed by atoms with Gasteiger partial charge in [0.25, 0.3) is 0 Å². The molecule has 0 saturated heterocycles. The topological polar surface area (TPSA) is 57.5 Å². The van der Waals surface area contributed by atoms with Crippen LogP contribution in [0.15, 0.2) is 26.7 Å². The zero-order valence-electron chi connectivity index (χ0n) is 7.79. The molecule has 0 unspecified atom stereocenters. The molecule has 0 aliphatic carbocycles. The third kappa shape index (κ3) is 3.07. The summed E-state index contributed by atoms with van der Waals surface area (Å²) in [6.07, 6.45) is 1.41. The third-order valence-electron chi connectivity index (χ3n) is 1.77. The van der Waals surface area contributed by atoms with E-state index in [4.69, 9.17) is 5.11 Å². The van der Waals surface area contributed by atoms with Crippen molar-refractivity contribution >= 4 is 43.9 Å². The summed E-state index contributed by atoms with van der Waals surface area (Å²) in [6, 6.07) is 3.33. The maximum absolute atomic E-state index is 10.6. The molecule has 1 aromatic rings. The molecule has 0 fully saturated rings. The molecule has 80 valence electrons. The molecular formula is C10H8Br2O3. The number of carbonyl (C=O) groups is 1. The second-order valence-electron chi connectivity index (χ2n) is 2.96. The maximum Gasteiger partial charge on any atom is 0.331 e. The van der Waals surface area contributed by atoms with Gasteiger partial charge in [-0.25, -0.2) is 4.79 Å². The van der Waals surface area contributed by atoms with Crippen LogP contribution in [0, 0.1) is 0 Å². The second kappa shape index (κ2) is 4.81. The Hall–Kier alpha value is -0.810. The lowest BCUT2D eigenvalue weighted by molar-refractivity contribution is -0.132. The van der Waals surface area contributed by atoms with E-state index in [1.165, 1.54) is 13.0 Å². The summed E-state index contributed by atoms with van der Waals surface area (Å²) in [7, 11) is 0. The first kappa shape index (κ1) is 12.3. The normalized spacial score (nSPS) is 11.5. The van der Waals surface area contributed by atoms with Gasteiger partial charge >= 0.3 is 5.97 Å². The number of carboxylic acid groups (broad SMARTS) is 1. The number of carboxylic acids is 1. The van der Waals surface area contributed by atoms with Crippen molar-refractivity contribution in [2.45, 2.75) is 6.92 Å². The van der Waals surface area contributed by atoms with Gasteiger partial charge in [0, 0.05) is 15.6 Å². The van der Waals surface area contributed by atoms with E-state index < -0.39 is 5.97 Å². The fraction of sp³-hybridized carbons (Fsp3) is 0.100. The first-order valence-corrected chi connectivity index (χ1v) is 5.60. The van der Waals surface area contributed by atoms with Crippen LogP contribution in [0.2, 0.25) is 0 Å². The number of aliphatic carboxylic acids is 1. The average molecular weight is 336 g/mol. The van der Waals surface area contributed by atoms with E-state index in [0.29, 0.717) is 10.0 Å². The quantitative estimate of drug-likeness (QED) is 0.814. The first-order valence-electron chi connectivity index (χ1n) is 4.01. The summed E-state index contributed by atoms with van der Waals surface area (Å²) < 4.78 is 1.28. The molecule has 15 heavy (non-hydrogen) atoms. The number of phenolic OH excluding ortho intramolecular Hbond substituents is 1. The molecule has 0 atom stereocenters. The Bertz CT molecular complexity index is 439. The summed E-state index contributed by atoms with van der Waals surface area (Å²) in [6.45, 7) is 1.47. The Morgan fingerprint density at radius 1 is 1.40 bits per heavy atom. The Morgan fingerprint density at radius 3 is 2.53 bits per heavy atom. The fourth-order valence-electron chi connectivity index (χ4n) is 0.991. The standard InChI is InChI=1S/C10H8Br2O3/c1-5(10(14)15)2-6-3-7(11)4-8(12)9(6)13/h2-4,13H,1H3,(H,14,15)/b5-2+. The van der Waals surface area contributed by atoms with Gasteiger partial charge in [0.05, 0.1) is 4.47 Å². The molecule has 3 nitrogen and oxygen atoms in total. The monoisotopic (exact) mass is 334 g/mol. The van der Waals surface area contributed by atoms with Crippen LogP contribution >= 0.6 is 31.9 Å². The van der Waals surface area contributed by atoms with Crippen molar-refractivity contribution in [3.63, 3.8) is 0 Å². The SMILES string of the molecule is C/C(=C\c1cc(Br)cc(Br)c1O)C(=O)O. The van der Waals surface area contributed by atoms with Gasteiger partial charge in [0.1, 0.15) is 5.75 Å². The minimum Gasteiger partial charge on any atom is -0.506 e. The molecule has 0 radical (unpaired) electrons. The van der Waals surface area contributed by atoms with Crippen molar-refractivity contribution in [1.82, 2.24) is 0 Å². The van der Waals surface area contributed by atoms with Gasteiger partial charge in [0.2, 0.25) is 0 Å². The summed E-state index contributed by atoms with van der Waals surface area (Å²) >= 11 is 6.42. The lowest BCUT2D eigenvalue weighted by atomic mass is 10.1. The van der Waals surface area contributed by atoms with E-state index >= 15 is 0 Å². The van der Waals surface area contributed by atoms with Crippen molar-refractivity contribution in [2.75, 3.05) is 0 Å². The molecule has 0 spiro atoms. The van der Waals surface area contributed by atoms with Crippen LogP contribution in [0.4, 0.5) is 0 Å². The highest BCUT2D eigenvalue weighted by Gasteiger charge is 2.07. The maximum atomic E-state index is 10.6. The number of halogens is 2. The van der Waals surface area contributed by atoms with E-state index in [9.17, 15) is 9.90 Å². The molecule has 0 aromatic heterocycles. The number of benzene rings is 1. The number of rotatable bonds is 2. The molecule has 0 saturated carbocycles. The Kier molecular flexibility index (Phi) is 3.93. The number of phenols is 1. The second-order valence-corrected chi connectivity index (χ2v) is 4.73. The van der Waals surface area contributed by atoms with Crippen LogP contribution in [0.25, 0.3) is 6.08 Å². The van der Waals surface area contributed by atoms with Gasteiger partial charge in [-0.05, 0) is 41.1 Å². The zero-order chi connectivity index (χ0) is 11.6. The van der Waals surface area contributed by atoms with Gasteiger partial charge in [-0.1, -0.05) is 15.9 Å². The minimum absolute atomic E-state index is 0.0267. The molecule has 5 heteroatoms. The number of aromatic hydroxyl groups is 1. The van der Waals surface area contributed by atoms with E-state index in [1.807, 2.05) is 0 Å². The smallest absolute Gasteiger partial charge is 0.331 e. The predicted molar refractivity (Wildman–Crippen MR) is 64.8 cm³/mol. The molecule has 0 bridgehead atoms. The van der Waals surface area contributed by atoms with Gasteiger partial charge in [0.15, 0.2) is 0 Å². The van der Waals surface area contributed by atoms with E-state index in [-0.39, 0.29) is 11.3 Å². The van der Waals surface area contributed by atoms with Gasteiger partial charge in [-0.15, -0.1) is 0 Å². The average Bonchev–Trinajstić information content (AvgIpc) is 2.13. The van der Waals surface area contributed by atoms with Crippen LogP contribution in [-0.4, -0.2) is 16.2 Å². The highest BCUT2D eigenvalue weighted by atomic mass is 79.9. The van der Waals surface area contributed by atoms with Crippen LogP contribution in [-0.2, 0) is 4.79 Å². The predicted octanol–water partition coefficient (Wildman–Crippen LogP) is 3.41. The number of hydrogen-bond donors (Lipinski definition) is 2. The molecule has 0 aliphatic rings. The van der Waals surface area contributed by atoms with Gasteiger partial charge in [-0.3, -0.25) is 0 Å². The molecular weight excluding hydrogens is 328 g/mol. The molecule has 2 N–H and O–H groups in total. The summed E-state index contributed by atoms with van der Waals surface area (Å²) in [5.74, 6) is -0.982. The van der Waals surface area contributed by atoms with Crippen molar-refractivity contribution in [1.29, 1.82) is 0 Å². The van der Waals surface area contributed by atoms with E-state index in [2.05, 4.69) is 31.9 Å². The third-order valence-corrected chi connectivity index (χ3v) is 2.83. The van der Waals surface area contributed by atoms with Gasteiger partial charge in [-0.2, -0.15) is 0 Å². The van der Waals surface area contributed by atoms with Crippen molar-refractivity contribution < 1.29 is 15.0 Å². The van der Waals surface area contributed by atoms with Crippen LogP contribution in [0.1, 0.15) is 12.5 Å². The number of hydrogen-bond acceptors (Lipinski definition) is 2. The summed E-state index contributed by atoms with van der Waals surface area (Å²) in [5.41, 5.74) is 0.617. The lowest BCUT2D eigenvalue weighted by Crippen LogP contribution is -1.95.